The summed E-state index contributed by atoms with van der Waals surface area (Å²) in [4.78, 5) is 2.49. The average molecular weight is 438 g/mol. The Morgan fingerprint density at radius 2 is 1.59 bits per heavy atom. The van der Waals surface area contributed by atoms with Gasteiger partial charge in [-0.15, -0.1) is 0 Å². The summed E-state index contributed by atoms with van der Waals surface area (Å²) in [6, 6.07) is 12.8. The van der Waals surface area contributed by atoms with Crippen molar-refractivity contribution in [2.24, 2.45) is 0 Å². The lowest BCUT2D eigenvalue weighted by atomic mass is 9.84. The van der Waals surface area contributed by atoms with E-state index in [0.717, 1.165) is 37.4 Å². The maximum absolute atomic E-state index is 11.3. The van der Waals surface area contributed by atoms with Gasteiger partial charge < -0.3 is 14.7 Å². The van der Waals surface area contributed by atoms with E-state index < -0.39 is 5.60 Å². The fourth-order valence-electron chi connectivity index (χ4n) is 3.65. The second kappa shape index (κ2) is 11.8. The Bertz CT molecular complexity index is 745. The Morgan fingerprint density at radius 1 is 0.931 bits per heavy atom. The monoisotopic (exact) mass is 437 g/mol. The largest absolute Gasteiger partial charge is 0.494 e. The number of benzene rings is 2. The summed E-state index contributed by atoms with van der Waals surface area (Å²) in [6.45, 7) is 10.4. The number of aliphatic hydroxyl groups is 1. The average Bonchev–Trinajstić information content (AvgIpc) is 2.71. The highest BCUT2D eigenvalue weighted by molar-refractivity contribution is 6.35. The van der Waals surface area contributed by atoms with E-state index in [1.807, 2.05) is 31.2 Å². The van der Waals surface area contributed by atoms with Crippen LogP contribution in [0.4, 0.5) is 0 Å². The van der Waals surface area contributed by atoms with Gasteiger partial charge in [0.25, 0.3) is 0 Å². The van der Waals surface area contributed by atoms with E-state index in [2.05, 4.69) is 18.7 Å². The molecule has 0 radical (unpaired) electrons. The van der Waals surface area contributed by atoms with Crippen LogP contribution in [-0.2, 0) is 5.60 Å². The fraction of sp³-hybridized carbons (Fsp3) is 0.500. The zero-order valence-corrected chi connectivity index (χ0v) is 19.3. The van der Waals surface area contributed by atoms with Crippen molar-refractivity contribution in [3.8, 4) is 5.75 Å². The lowest BCUT2D eigenvalue weighted by Gasteiger charge is -2.29. The molecule has 2 rings (SSSR count). The number of hydrogen-bond donors (Lipinski definition) is 1. The summed E-state index contributed by atoms with van der Waals surface area (Å²) in [6.07, 6.45) is 3.86. The molecule has 160 valence electrons. The Labute approximate surface area is 185 Å². The SMILES string of the molecule is CCCN(CCC)CCCOc1ccc(C(O)(CC)c2ccc(Cl)cc2Cl)cc1. The molecule has 0 bridgehead atoms. The van der Waals surface area contributed by atoms with Crippen LogP contribution in [0.5, 0.6) is 5.75 Å². The molecule has 0 aliphatic heterocycles. The van der Waals surface area contributed by atoms with Crippen LogP contribution in [0, 0.1) is 0 Å². The first kappa shape index (κ1) is 24.0. The van der Waals surface area contributed by atoms with Crippen molar-refractivity contribution < 1.29 is 9.84 Å². The lowest BCUT2D eigenvalue weighted by Crippen LogP contribution is -2.27. The van der Waals surface area contributed by atoms with E-state index in [1.54, 1.807) is 18.2 Å². The third-order valence-corrected chi connectivity index (χ3v) is 5.74. The van der Waals surface area contributed by atoms with Crippen molar-refractivity contribution in [1.82, 2.24) is 4.90 Å². The minimum absolute atomic E-state index is 0.464. The van der Waals surface area contributed by atoms with Crippen molar-refractivity contribution >= 4 is 23.2 Å². The van der Waals surface area contributed by atoms with Gasteiger partial charge in [-0.1, -0.05) is 62.2 Å². The molecule has 0 heterocycles. The summed E-state index contributed by atoms with van der Waals surface area (Å²) < 4.78 is 5.91. The highest BCUT2D eigenvalue weighted by atomic mass is 35.5. The highest BCUT2D eigenvalue weighted by Crippen LogP contribution is 2.38. The molecule has 5 heteroatoms. The molecule has 29 heavy (non-hydrogen) atoms. The summed E-state index contributed by atoms with van der Waals surface area (Å²) in [5.41, 5.74) is 0.279. The van der Waals surface area contributed by atoms with Crippen molar-refractivity contribution in [3.63, 3.8) is 0 Å². The molecular formula is C24H33Cl2NO2. The van der Waals surface area contributed by atoms with Gasteiger partial charge in [0, 0.05) is 22.2 Å². The van der Waals surface area contributed by atoms with Crippen LogP contribution in [0.15, 0.2) is 42.5 Å². The molecular weight excluding hydrogens is 405 g/mol. The van der Waals surface area contributed by atoms with Gasteiger partial charge in [-0.05, 0) is 68.6 Å². The number of ether oxygens (including phenoxy) is 1. The molecule has 0 aromatic heterocycles. The topological polar surface area (TPSA) is 32.7 Å². The molecule has 1 N–H and O–H groups in total. The van der Waals surface area contributed by atoms with Crippen LogP contribution in [0.25, 0.3) is 0 Å². The predicted molar refractivity (Wildman–Crippen MR) is 123 cm³/mol. The molecule has 0 amide bonds. The number of rotatable bonds is 12. The van der Waals surface area contributed by atoms with Crippen LogP contribution in [-0.4, -0.2) is 36.2 Å². The van der Waals surface area contributed by atoms with Gasteiger partial charge in [0.15, 0.2) is 0 Å². The molecule has 1 atom stereocenters. The van der Waals surface area contributed by atoms with E-state index in [9.17, 15) is 5.11 Å². The fourth-order valence-corrected chi connectivity index (χ4v) is 4.21. The first-order valence-corrected chi connectivity index (χ1v) is 11.3. The Hall–Kier alpha value is -1.26. The van der Waals surface area contributed by atoms with Crippen LogP contribution < -0.4 is 4.74 Å². The Balaban J connectivity index is 1.99. The van der Waals surface area contributed by atoms with E-state index in [-0.39, 0.29) is 0 Å². The van der Waals surface area contributed by atoms with Gasteiger partial charge in [0.2, 0.25) is 0 Å². The second-order valence-electron chi connectivity index (χ2n) is 7.41. The maximum atomic E-state index is 11.3. The molecule has 2 aromatic carbocycles. The molecule has 1 unspecified atom stereocenters. The van der Waals surface area contributed by atoms with Crippen LogP contribution in [0.1, 0.15) is 57.6 Å². The standard InChI is InChI=1S/C24H33Cl2NO2/c1-4-14-27(15-5-2)16-7-17-29-21-11-8-19(9-12-21)24(28,6-3)22-13-10-20(25)18-23(22)26/h8-13,18,28H,4-7,14-17H2,1-3H3. The van der Waals surface area contributed by atoms with E-state index >= 15 is 0 Å². The zero-order chi connectivity index (χ0) is 21.3. The summed E-state index contributed by atoms with van der Waals surface area (Å²) in [5.74, 6) is 0.812. The van der Waals surface area contributed by atoms with Crippen molar-refractivity contribution in [1.29, 1.82) is 0 Å². The smallest absolute Gasteiger partial charge is 0.119 e. The maximum Gasteiger partial charge on any atom is 0.119 e. The first-order valence-electron chi connectivity index (χ1n) is 10.6. The predicted octanol–water partition coefficient (Wildman–Crippen LogP) is 6.53. The van der Waals surface area contributed by atoms with Gasteiger partial charge in [-0.2, -0.15) is 0 Å². The van der Waals surface area contributed by atoms with Gasteiger partial charge in [0.05, 0.1) is 6.61 Å². The van der Waals surface area contributed by atoms with E-state index in [4.69, 9.17) is 27.9 Å². The lowest BCUT2D eigenvalue weighted by molar-refractivity contribution is 0.0766. The number of nitrogens with zero attached hydrogens (tertiary/aromatic N) is 1. The molecule has 0 spiro atoms. The van der Waals surface area contributed by atoms with Crippen molar-refractivity contribution in [2.75, 3.05) is 26.2 Å². The second-order valence-corrected chi connectivity index (χ2v) is 8.25. The van der Waals surface area contributed by atoms with Gasteiger partial charge in [-0.3, -0.25) is 0 Å². The molecule has 3 nitrogen and oxygen atoms in total. The molecule has 0 aliphatic carbocycles. The highest BCUT2D eigenvalue weighted by Gasteiger charge is 2.31. The minimum atomic E-state index is -1.17. The van der Waals surface area contributed by atoms with Crippen LogP contribution in [0.3, 0.4) is 0 Å². The zero-order valence-electron chi connectivity index (χ0n) is 17.8. The van der Waals surface area contributed by atoms with Gasteiger partial charge in [-0.25, -0.2) is 0 Å². The van der Waals surface area contributed by atoms with E-state index in [1.165, 1.54) is 12.8 Å². The molecule has 0 fully saturated rings. The molecule has 0 saturated carbocycles. The molecule has 0 aliphatic rings. The van der Waals surface area contributed by atoms with Crippen LogP contribution >= 0.6 is 23.2 Å². The minimum Gasteiger partial charge on any atom is -0.494 e. The van der Waals surface area contributed by atoms with Crippen molar-refractivity contribution in [2.45, 2.75) is 52.1 Å². The van der Waals surface area contributed by atoms with E-state index in [0.29, 0.717) is 28.6 Å². The summed E-state index contributed by atoms with van der Waals surface area (Å²) >= 11 is 12.4. The van der Waals surface area contributed by atoms with Crippen molar-refractivity contribution in [3.05, 3.63) is 63.6 Å². The third kappa shape index (κ3) is 6.62. The summed E-state index contributed by atoms with van der Waals surface area (Å²) in [7, 11) is 0. The normalized spacial score (nSPS) is 13.5. The third-order valence-electron chi connectivity index (χ3n) is 5.19. The number of hydrogen-bond acceptors (Lipinski definition) is 3. The quantitative estimate of drug-likeness (QED) is 0.383. The summed E-state index contributed by atoms with van der Waals surface area (Å²) in [5, 5.41) is 12.3. The molecule has 0 saturated heterocycles. The van der Waals surface area contributed by atoms with Gasteiger partial charge in [0.1, 0.15) is 11.4 Å². The first-order chi connectivity index (χ1) is 13.9. The Kier molecular flexibility index (Phi) is 9.78. The molecule has 2 aromatic rings. The van der Waals surface area contributed by atoms with Gasteiger partial charge >= 0.3 is 0 Å². The Morgan fingerprint density at radius 3 is 2.14 bits per heavy atom. The number of halogens is 2. The van der Waals surface area contributed by atoms with Crippen LogP contribution in [0.2, 0.25) is 10.0 Å².